The van der Waals surface area contributed by atoms with Crippen LogP contribution in [0.3, 0.4) is 0 Å². The fraction of sp³-hybridized carbons (Fsp3) is 0.333. The van der Waals surface area contributed by atoms with Gasteiger partial charge in [0.05, 0.1) is 12.1 Å². The zero-order valence-corrected chi connectivity index (χ0v) is 12.7. The van der Waals surface area contributed by atoms with Gasteiger partial charge in [-0.15, -0.1) is 11.8 Å². The van der Waals surface area contributed by atoms with Crippen molar-refractivity contribution in [1.29, 1.82) is 5.26 Å². The minimum absolute atomic E-state index is 0.00805. The van der Waals surface area contributed by atoms with Crippen LogP contribution < -0.4 is 5.32 Å². The van der Waals surface area contributed by atoms with Gasteiger partial charge in [0.25, 0.3) is 0 Å². The molecule has 1 rings (SSSR count). The molecule has 1 N–H and O–H groups in total. The molecule has 0 saturated heterocycles. The topological polar surface area (TPSA) is 62.1 Å². The number of hydrogen-bond donors (Lipinski definition) is 1. The standard InChI is InChI=1S/C15H18N2O2S/c1-4-7-11-8-5-6-9-13(11)17-14(20-3)12(10-16)15(18)19-2/h5-6,8-9,17H,4,7H2,1-3H3. The van der Waals surface area contributed by atoms with Gasteiger partial charge in [-0.1, -0.05) is 31.5 Å². The lowest BCUT2D eigenvalue weighted by Gasteiger charge is -2.14. The van der Waals surface area contributed by atoms with Gasteiger partial charge >= 0.3 is 5.97 Å². The van der Waals surface area contributed by atoms with E-state index < -0.39 is 5.97 Å². The number of carbonyl (C=O) groups excluding carboxylic acids is 1. The maximum absolute atomic E-state index is 11.6. The molecule has 0 spiro atoms. The van der Waals surface area contributed by atoms with Crippen molar-refractivity contribution >= 4 is 23.4 Å². The number of carbonyl (C=O) groups is 1. The molecule has 0 saturated carbocycles. The van der Waals surface area contributed by atoms with Crippen LogP contribution in [-0.4, -0.2) is 19.3 Å². The Hall–Kier alpha value is -1.93. The Morgan fingerprint density at radius 3 is 2.70 bits per heavy atom. The lowest BCUT2D eigenvalue weighted by atomic mass is 10.1. The van der Waals surface area contributed by atoms with Crippen molar-refractivity contribution in [1.82, 2.24) is 0 Å². The van der Waals surface area contributed by atoms with Crippen molar-refractivity contribution in [3.63, 3.8) is 0 Å². The Labute approximate surface area is 123 Å². The number of nitriles is 1. The summed E-state index contributed by atoms with van der Waals surface area (Å²) in [6.45, 7) is 2.11. The molecule has 0 aliphatic rings. The van der Waals surface area contributed by atoms with Crippen LogP contribution in [0.25, 0.3) is 0 Å². The molecule has 0 unspecified atom stereocenters. The fourth-order valence-corrected chi connectivity index (χ4v) is 2.30. The van der Waals surface area contributed by atoms with Gasteiger partial charge in [-0.05, 0) is 24.3 Å². The summed E-state index contributed by atoms with van der Waals surface area (Å²) in [5.41, 5.74) is 2.06. The summed E-state index contributed by atoms with van der Waals surface area (Å²) in [7, 11) is 1.27. The van der Waals surface area contributed by atoms with E-state index in [9.17, 15) is 4.79 Å². The van der Waals surface area contributed by atoms with Crippen LogP contribution in [0.1, 0.15) is 18.9 Å². The van der Waals surface area contributed by atoms with E-state index in [-0.39, 0.29) is 5.57 Å². The second-order valence-electron chi connectivity index (χ2n) is 4.04. The molecule has 1 aromatic rings. The second kappa shape index (κ2) is 8.28. The molecular formula is C15H18N2O2S. The predicted octanol–water partition coefficient (Wildman–Crippen LogP) is 3.32. The number of esters is 1. The van der Waals surface area contributed by atoms with Gasteiger partial charge in [0.2, 0.25) is 0 Å². The molecule has 1 aromatic carbocycles. The highest BCUT2D eigenvalue weighted by Crippen LogP contribution is 2.24. The maximum Gasteiger partial charge on any atom is 0.351 e. The number of nitrogens with one attached hydrogen (secondary N) is 1. The number of benzene rings is 1. The third-order valence-corrected chi connectivity index (χ3v) is 3.43. The highest BCUT2D eigenvalue weighted by molar-refractivity contribution is 8.02. The Morgan fingerprint density at radius 2 is 2.15 bits per heavy atom. The Balaban J connectivity index is 3.14. The molecule has 4 nitrogen and oxygen atoms in total. The van der Waals surface area contributed by atoms with E-state index >= 15 is 0 Å². The largest absolute Gasteiger partial charge is 0.465 e. The van der Waals surface area contributed by atoms with E-state index in [1.165, 1.54) is 18.9 Å². The number of rotatable bonds is 6. The minimum atomic E-state index is -0.627. The predicted molar refractivity (Wildman–Crippen MR) is 82.2 cm³/mol. The van der Waals surface area contributed by atoms with Crippen LogP contribution in [0.15, 0.2) is 34.9 Å². The minimum Gasteiger partial charge on any atom is -0.465 e. The summed E-state index contributed by atoms with van der Waals surface area (Å²) in [5, 5.41) is 12.8. The van der Waals surface area contributed by atoms with Crippen LogP contribution in [-0.2, 0) is 16.0 Å². The molecule has 0 aromatic heterocycles. The first-order valence-corrected chi connectivity index (χ1v) is 7.52. The molecule has 0 atom stereocenters. The number of thioether (sulfide) groups is 1. The number of ether oxygens (including phenoxy) is 1. The lowest BCUT2D eigenvalue weighted by Crippen LogP contribution is -2.10. The number of anilines is 1. The first kappa shape index (κ1) is 16.1. The summed E-state index contributed by atoms with van der Waals surface area (Å²) in [4.78, 5) is 11.6. The molecule has 0 fully saturated rings. The highest BCUT2D eigenvalue weighted by atomic mass is 32.2. The Kier molecular flexibility index (Phi) is 6.68. The van der Waals surface area contributed by atoms with Crippen molar-refractivity contribution in [2.45, 2.75) is 19.8 Å². The molecule has 106 valence electrons. The Bertz CT molecular complexity index is 547. The lowest BCUT2D eigenvalue weighted by molar-refractivity contribution is -0.135. The van der Waals surface area contributed by atoms with Gasteiger partial charge in [0.15, 0.2) is 5.57 Å². The van der Waals surface area contributed by atoms with Gasteiger partial charge in [-0.3, -0.25) is 0 Å². The van der Waals surface area contributed by atoms with E-state index in [0.29, 0.717) is 5.03 Å². The quantitative estimate of drug-likeness (QED) is 0.494. The van der Waals surface area contributed by atoms with Gasteiger partial charge in [-0.25, -0.2) is 4.79 Å². The molecule has 20 heavy (non-hydrogen) atoms. The highest BCUT2D eigenvalue weighted by Gasteiger charge is 2.16. The summed E-state index contributed by atoms with van der Waals surface area (Å²) in [5.74, 6) is -0.627. The average molecular weight is 290 g/mol. The van der Waals surface area contributed by atoms with Gasteiger partial charge < -0.3 is 10.1 Å². The van der Waals surface area contributed by atoms with Crippen LogP contribution in [0.2, 0.25) is 0 Å². The summed E-state index contributed by atoms with van der Waals surface area (Å²) in [6, 6.07) is 9.77. The van der Waals surface area contributed by atoms with Crippen LogP contribution in [0, 0.1) is 11.3 Å². The van der Waals surface area contributed by atoms with Crippen molar-refractivity contribution in [2.24, 2.45) is 0 Å². The number of hydrogen-bond acceptors (Lipinski definition) is 5. The molecule has 0 aliphatic heterocycles. The number of nitrogens with zero attached hydrogens (tertiary/aromatic N) is 1. The van der Waals surface area contributed by atoms with Crippen molar-refractivity contribution < 1.29 is 9.53 Å². The van der Waals surface area contributed by atoms with E-state index in [4.69, 9.17) is 5.26 Å². The molecule has 0 amide bonds. The molecule has 0 radical (unpaired) electrons. The van der Waals surface area contributed by atoms with Crippen LogP contribution >= 0.6 is 11.8 Å². The van der Waals surface area contributed by atoms with E-state index in [1.54, 1.807) is 0 Å². The van der Waals surface area contributed by atoms with Crippen LogP contribution in [0.5, 0.6) is 0 Å². The smallest absolute Gasteiger partial charge is 0.351 e. The third-order valence-electron chi connectivity index (χ3n) is 2.72. The van der Waals surface area contributed by atoms with E-state index in [0.717, 1.165) is 24.1 Å². The number of methoxy groups -OCH3 is 1. The zero-order chi connectivity index (χ0) is 15.0. The van der Waals surface area contributed by atoms with Gasteiger partial charge in [0, 0.05) is 5.69 Å². The molecule has 5 heteroatoms. The van der Waals surface area contributed by atoms with Crippen molar-refractivity contribution in [3.8, 4) is 6.07 Å². The number of para-hydroxylation sites is 1. The third kappa shape index (κ3) is 4.04. The number of aryl methyl sites for hydroxylation is 1. The Morgan fingerprint density at radius 1 is 1.45 bits per heavy atom. The molecule has 0 aliphatic carbocycles. The summed E-state index contributed by atoms with van der Waals surface area (Å²) < 4.78 is 4.63. The van der Waals surface area contributed by atoms with Gasteiger partial charge in [0.1, 0.15) is 6.07 Å². The summed E-state index contributed by atoms with van der Waals surface area (Å²) >= 11 is 1.31. The summed E-state index contributed by atoms with van der Waals surface area (Å²) in [6.07, 6.45) is 3.77. The first-order chi connectivity index (χ1) is 9.67. The fourth-order valence-electron chi connectivity index (χ4n) is 1.76. The maximum atomic E-state index is 11.6. The average Bonchev–Trinajstić information content (AvgIpc) is 2.48. The van der Waals surface area contributed by atoms with Crippen molar-refractivity contribution in [3.05, 3.63) is 40.4 Å². The SMILES string of the molecule is CCCc1ccccc1NC(SC)=C(C#N)C(=O)OC. The van der Waals surface area contributed by atoms with Gasteiger partial charge in [-0.2, -0.15) is 5.26 Å². The zero-order valence-electron chi connectivity index (χ0n) is 11.9. The molecular weight excluding hydrogens is 272 g/mol. The monoisotopic (exact) mass is 290 g/mol. The van der Waals surface area contributed by atoms with Crippen LogP contribution in [0.4, 0.5) is 5.69 Å². The normalized spacial score (nSPS) is 11.3. The molecule has 0 bridgehead atoms. The van der Waals surface area contributed by atoms with E-state index in [1.807, 2.05) is 36.6 Å². The van der Waals surface area contributed by atoms with E-state index in [2.05, 4.69) is 17.0 Å². The van der Waals surface area contributed by atoms with Crippen molar-refractivity contribution in [2.75, 3.05) is 18.7 Å². The molecule has 0 heterocycles. The first-order valence-electron chi connectivity index (χ1n) is 6.29. The second-order valence-corrected chi connectivity index (χ2v) is 4.86.